The topological polar surface area (TPSA) is 46.9 Å². The highest BCUT2D eigenvalue weighted by Gasteiger charge is 2.06. The molecule has 2 aromatic rings. The maximum absolute atomic E-state index is 12.0. The van der Waals surface area contributed by atoms with Crippen molar-refractivity contribution < 1.29 is 4.79 Å². The molecule has 4 nitrogen and oxygen atoms in total. The normalized spacial score (nSPS) is 10.5. The molecule has 0 aliphatic rings. The summed E-state index contributed by atoms with van der Waals surface area (Å²) in [5.74, 6) is -0.0513. The Morgan fingerprint density at radius 3 is 2.89 bits per heavy atom. The third kappa shape index (κ3) is 3.67. The molecule has 0 aliphatic heterocycles. The number of carbonyl (C=O) groups is 1. The van der Waals surface area contributed by atoms with E-state index in [1.54, 1.807) is 4.68 Å². The molecular formula is C14H16BrN3O. The molecule has 1 aromatic heterocycles. The summed E-state index contributed by atoms with van der Waals surface area (Å²) in [5.41, 5.74) is 2.91. The molecule has 0 fully saturated rings. The number of nitrogens with zero attached hydrogens (tertiary/aromatic N) is 2. The van der Waals surface area contributed by atoms with E-state index in [1.165, 1.54) is 0 Å². The second-order valence-electron chi connectivity index (χ2n) is 4.49. The van der Waals surface area contributed by atoms with Gasteiger partial charge >= 0.3 is 0 Å². The number of aromatic nitrogens is 2. The van der Waals surface area contributed by atoms with Gasteiger partial charge in [-0.25, -0.2) is 0 Å². The quantitative estimate of drug-likeness (QED) is 0.940. The van der Waals surface area contributed by atoms with Gasteiger partial charge in [-0.1, -0.05) is 22.0 Å². The first-order valence-electron chi connectivity index (χ1n) is 6.08. The van der Waals surface area contributed by atoms with E-state index in [0.29, 0.717) is 12.1 Å². The van der Waals surface area contributed by atoms with Crippen molar-refractivity contribution in [2.45, 2.75) is 13.3 Å². The first kappa shape index (κ1) is 13.8. The van der Waals surface area contributed by atoms with Gasteiger partial charge in [0.1, 0.15) is 0 Å². The van der Waals surface area contributed by atoms with Gasteiger partial charge in [-0.05, 0) is 36.6 Å². The second kappa shape index (κ2) is 6.02. The van der Waals surface area contributed by atoms with Crippen LogP contribution in [0.2, 0.25) is 0 Å². The molecule has 1 N–H and O–H groups in total. The van der Waals surface area contributed by atoms with Crippen molar-refractivity contribution in [2.24, 2.45) is 7.05 Å². The fourth-order valence-electron chi connectivity index (χ4n) is 1.76. The molecule has 0 saturated carbocycles. The lowest BCUT2D eigenvalue weighted by atomic mass is 10.1. The largest absolute Gasteiger partial charge is 0.352 e. The van der Waals surface area contributed by atoms with E-state index in [0.717, 1.165) is 22.0 Å². The number of aryl methyl sites for hydroxylation is 2. The van der Waals surface area contributed by atoms with Crippen molar-refractivity contribution in [3.05, 3.63) is 51.8 Å². The molecule has 1 heterocycles. The van der Waals surface area contributed by atoms with E-state index < -0.39 is 0 Å². The van der Waals surface area contributed by atoms with E-state index in [9.17, 15) is 4.79 Å². The summed E-state index contributed by atoms with van der Waals surface area (Å²) in [6.07, 6.45) is 4.55. The monoisotopic (exact) mass is 321 g/mol. The number of hydrogen-bond acceptors (Lipinski definition) is 2. The van der Waals surface area contributed by atoms with Crippen LogP contribution in [-0.2, 0) is 13.5 Å². The molecule has 0 bridgehead atoms. The number of rotatable bonds is 4. The van der Waals surface area contributed by atoms with Gasteiger partial charge in [0.15, 0.2) is 0 Å². The van der Waals surface area contributed by atoms with Crippen molar-refractivity contribution in [3.63, 3.8) is 0 Å². The Morgan fingerprint density at radius 2 is 2.26 bits per heavy atom. The zero-order chi connectivity index (χ0) is 13.8. The van der Waals surface area contributed by atoms with Crippen LogP contribution in [0.15, 0.2) is 35.1 Å². The minimum absolute atomic E-state index is 0.0513. The van der Waals surface area contributed by atoms with Crippen LogP contribution in [0.25, 0.3) is 0 Å². The molecule has 100 valence electrons. The van der Waals surface area contributed by atoms with Crippen LogP contribution >= 0.6 is 15.9 Å². The zero-order valence-corrected chi connectivity index (χ0v) is 12.6. The number of nitrogens with one attached hydrogen (secondary N) is 1. The predicted molar refractivity (Wildman–Crippen MR) is 78.1 cm³/mol. The first-order valence-corrected chi connectivity index (χ1v) is 6.87. The number of carbonyl (C=O) groups excluding carboxylic acids is 1. The summed E-state index contributed by atoms with van der Waals surface area (Å²) >= 11 is 3.43. The number of halogens is 1. The lowest BCUT2D eigenvalue weighted by Gasteiger charge is -2.06. The highest BCUT2D eigenvalue weighted by atomic mass is 79.9. The maximum atomic E-state index is 12.0. The van der Waals surface area contributed by atoms with Crippen LogP contribution in [-0.4, -0.2) is 22.2 Å². The van der Waals surface area contributed by atoms with Gasteiger partial charge in [-0.2, -0.15) is 5.10 Å². The SMILES string of the molecule is Cc1ccc(C(=O)NCCc2cnn(C)c2)cc1Br. The smallest absolute Gasteiger partial charge is 0.251 e. The maximum Gasteiger partial charge on any atom is 0.251 e. The highest BCUT2D eigenvalue weighted by Crippen LogP contribution is 2.17. The van der Waals surface area contributed by atoms with Crippen LogP contribution in [0.4, 0.5) is 0 Å². The van der Waals surface area contributed by atoms with E-state index in [4.69, 9.17) is 0 Å². The molecule has 5 heteroatoms. The molecule has 0 atom stereocenters. The molecule has 0 aliphatic carbocycles. The molecular weight excluding hydrogens is 306 g/mol. The first-order chi connectivity index (χ1) is 9.06. The summed E-state index contributed by atoms with van der Waals surface area (Å²) in [5, 5.41) is 7.00. The van der Waals surface area contributed by atoms with Crippen molar-refractivity contribution in [3.8, 4) is 0 Å². The average molecular weight is 322 g/mol. The minimum atomic E-state index is -0.0513. The summed E-state index contributed by atoms with van der Waals surface area (Å²) in [7, 11) is 1.88. The lowest BCUT2D eigenvalue weighted by molar-refractivity contribution is 0.0954. The van der Waals surface area contributed by atoms with Gasteiger partial charge < -0.3 is 5.32 Å². The Bertz CT molecular complexity index is 592. The van der Waals surface area contributed by atoms with Crippen molar-refractivity contribution >= 4 is 21.8 Å². The van der Waals surface area contributed by atoms with Crippen molar-refractivity contribution in [1.82, 2.24) is 15.1 Å². The lowest BCUT2D eigenvalue weighted by Crippen LogP contribution is -2.25. The molecule has 19 heavy (non-hydrogen) atoms. The number of hydrogen-bond donors (Lipinski definition) is 1. The van der Waals surface area contributed by atoms with Gasteiger partial charge in [0, 0.05) is 29.8 Å². The molecule has 1 aromatic carbocycles. The number of amides is 1. The highest BCUT2D eigenvalue weighted by molar-refractivity contribution is 9.10. The van der Waals surface area contributed by atoms with Gasteiger partial charge in [0.05, 0.1) is 6.20 Å². The Hall–Kier alpha value is -1.62. The van der Waals surface area contributed by atoms with Gasteiger partial charge in [0.2, 0.25) is 0 Å². The summed E-state index contributed by atoms with van der Waals surface area (Å²) in [6.45, 7) is 2.60. The summed E-state index contributed by atoms with van der Waals surface area (Å²) in [6, 6.07) is 5.61. The van der Waals surface area contributed by atoms with Crippen LogP contribution in [0.1, 0.15) is 21.5 Å². The Labute approximate surface area is 120 Å². The Balaban J connectivity index is 1.89. The summed E-state index contributed by atoms with van der Waals surface area (Å²) in [4.78, 5) is 12.0. The van der Waals surface area contributed by atoms with Crippen molar-refractivity contribution in [2.75, 3.05) is 6.54 Å². The van der Waals surface area contributed by atoms with Crippen molar-refractivity contribution in [1.29, 1.82) is 0 Å². The van der Waals surface area contributed by atoms with Crippen LogP contribution in [0.5, 0.6) is 0 Å². The Morgan fingerprint density at radius 1 is 1.47 bits per heavy atom. The van der Waals surface area contributed by atoms with E-state index in [2.05, 4.69) is 26.3 Å². The molecule has 0 saturated heterocycles. The standard InChI is InChI=1S/C14H16BrN3O/c1-10-3-4-12(7-13(10)15)14(19)16-6-5-11-8-17-18(2)9-11/h3-4,7-9H,5-6H2,1-2H3,(H,16,19). The van der Waals surface area contributed by atoms with E-state index in [-0.39, 0.29) is 5.91 Å². The molecule has 0 unspecified atom stereocenters. The number of benzene rings is 1. The molecule has 0 spiro atoms. The van der Waals surface area contributed by atoms with Gasteiger partial charge in [-0.3, -0.25) is 9.48 Å². The molecule has 0 radical (unpaired) electrons. The third-order valence-corrected chi connectivity index (χ3v) is 3.75. The van der Waals surface area contributed by atoms with Crippen LogP contribution in [0, 0.1) is 6.92 Å². The van der Waals surface area contributed by atoms with Crippen LogP contribution < -0.4 is 5.32 Å². The van der Waals surface area contributed by atoms with Gasteiger partial charge in [0.25, 0.3) is 5.91 Å². The fourth-order valence-corrected chi connectivity index (χ4v) is 2.14. The Kier molecular flexibility index (Phi) is 4.37. The van der Waals surface area contributed by atoms with Crippen LogP contribution in [0.3, 0.4) is 0 Å². The third-order valence-electron chi connectivity index (χ3n) is 2.89. The predicted octanol–water partition coefficient (Wildman–Crippen LogP) is 2.46. The van der Waals surface area contributed by atoms with Gasteiger partial charge in [-0.15, -0.1) is 0 Å². The molecule has 1 amide bonds. The van der Waals surface area contributed by atoms with E-state index >= 15 is 0 Å². The average Bonchev–Trinajstić information content (AvgIpc) is 2.78. The zero-order valence-electron chi connectivity index (χ0n) is 11.0. The summed E-state index contributed by atoms with van der Waals surface area (Å²) < 4.78 is 2.71. The minimum Gasteiger partial charge on any atom is -0.352 e. The van der Waals surface area contributed by atoms with E-state index in [1.807, 2.05) is 44.6 Å². The molecule has 2 rings (SSSR count). The second-order valence-corrected chi connectivity index (χ2v) is 5.35. The fraction of sp³-hybridized carbons (Fsp3) is 0.286.